The summed E-state index contributed by atoms with van der Waals surface area (Å²) < 4.78 is 5.25. The van der Waals surface area contributed by atoms with E-state index in [4.69, 9.17) is 22.1 Å². The van der Waals surface area contributed by atoms with E-state index >= 15 is 0 Å². The lowest BCUT2D eigenvalue weighted by Gasteiger charge is -2.16. The van der Waals surface area contributed by atoms with E-state index in [1.54, 1.807) is 6.07 Å². The van der Waals surface area contributed by atoms with Crippen LogP contribution in [0.25, 0.3) is 0 Å². The minimum atomic E-state index is -0.528. The third-order valence-corrected chi connectivity index (χ3v) is 4.20. The molecule has 7 heteroatoms. The number of carbonyl (C=O) groups is 1. The molecule has 0 atom stereocenters. The molecule has 0 aliphatic heterocycles. The van der Waals surface area contributed by atoms with Gasteiger partial charge in [-0.3, -0.25) is 14.8 Å². The molecule has 1 saturated carbocycles. The van der Waals surface area contributed by atoms with E-state index in [0.717, 1.165) is 24.3 Å². The van der Waals surface area contributed by atoms with E-state index < -0.39 is 5.91 Å². The molecule has 3 rings (SSSR count). The Morgan fingerprint density at radius 2 is 2.21 bits per heavy atom. The van der Waals surface area contributed by atoms with Crippen LogP contribution in [0.4, 0.5) is 0 Å². The average Bonchev–Trinajstić information content (AvgIpc) is 3.27. The zero-order valence-electron chi connectivity index (χ0n) is 13.6. The minimum Gasteiger partial charge on any atom is -0.482 e. The Morgan fingerprint density at radius 1 is 1.42 bits per heavy atom. The van der Waals surface area contributed by atoms with Crippen LogP contribution in [0.15, 0.2) is 24.3 Å². The predicted octanol–water partition coefficient (Wildman–Crippen LogP) is 2.44. The van der Waals surface area contributed by atoms with Crippen molar-refractivity contribution in [2.24, 2.45) is 5.73 Å². The van der Waals surface area contributed by atoms with Gasteiger partial charge in [-0.2, -0.15) is 5.10 Å². The number of benzene rings is 1. The lowest BCUT2D eigenvalue weighted by molar-refractivity contribution is -0.119. The molecule has 1 aromatic carbocycles. The molecule has 128 valence electrons. The van der Waals surface area contributed by atoms with Crippen molar-refractivity contribution in [2.45, 2.75) is 31.8 Å². The maximum absolute atomic E-state index is 10.8. The van der Waals surface area contributed by atoms with Gasteiger partial charge in [0.1, 0.15) is 5.75 Å². The van der Waals surface area contributed by atoms with Crippen LogP contribution < -0.4 is 10.5 Å². The van der Waals surface area contributed by atoms with Gasteiger partial charge in [0.15, 0.2) is 6.61 Å². The molecule has 24 heavy (non-hydrogen) atoms. The molecule has 1 heterocycles. The van der Waals surface area contributed by atoms with Gasteiger partial charge in [-0.15, -0.1) is 0 Å². The Balaban J connectivity index is 1.55. The van der Waals surface area contributed by atoms with E-state index in [1.165, 1.54) is 18.5 Å². The highest BCUT2D eigenvalue weighted by Crippen LogP contribution is 2.39. The van der Waals surface area contributed by atoms with Crippen LogP contribution in [0.2, 0.25) is 5.02 Å². The molecule has 0 spiro atoms. The van der Waals surface area contributed by atoms with Crippen molar-refractivity contribution < 1.29 is 9.53 Å². The van der Waals surface area contributed by atoms with Crippen molar-refractivity contribution in [1.29, 1.82) is 0 Å². The normalized spacial score (nSPS) is 14.1. The van der Waals surface area contributed by atoms with E-state index in [1.807, 2.05) is 19.2 Å². The number of rotatable bonds is 8. The van der Waals surface area contributed by atoms with Crippen molar-refractivity contribution in [2.75, 3.05) is 13.7 Å². The summed E-state index contributed by atoms with van der Waals surface area (Å²) in [5.74, 6) is 0.594. The van der Waals surface area contributed by atoms with Crippen molar-refractivity contribution in [1.82, 2.24) is 15.1 Å². The Morgan fingerprint density at radius 3 is 2.88 bits per heavy atom. The molecular weight excluding hydrogens is 328 g/mol. The van der Waals surface area contributed by atoms with Gasteiger partial charge in [0.05, 0.1) is 10.7 Å². The van der Waals surface area contributed by atoms with Crippen LogP contribution in [0.3, 0.4) is 0 Å². The summed E-state index contributed by atoms with van der Waals surface area (Å²) in [5.41, 5.74) is 8.42. The van der Waals surface area contributed by atoms with Crippen molar-refractivity contribution in [3.8, 4) is 5.75 Å². The van der Waals surface area contributed by atoms with Gasteiger partial charge in [-0.05, 0) is 43.7 Å². The first-order valence-electron chi connectivity index (χ1n) is 7.93. The molecule has 1 aromatic heterocycles. The van der Waals surface area contributed by atoms with Crippen LogP contribution in [0.5, 0.6) is 5.75 Å². The summed E-state index contributed by atoms with van der Waals surface area (Å²) in [6, 6.07) is 7.69. The number of nitrogens with two attached hydrogens (primary N) is 1. The maximum Gasteiger partial charge on any atom is 0.255 e. The molecule has 1 fully saturated rings. The number of hydrogen-bond acceptors (Lipinski definition) is 4. The number of hydrogen-bond donors (Lipinski definition) is 2. The number of aromatic nitrogens is 2. The first-order valence-corrected chi connectivity index (χ1v) is 8.31. The Kier molecular flexibility index (Phi) is 5.06. The molecule has 1 aliphatic rings. The van der Waals surface area contributed by atoms with Gasteiger partial charge < -0.3 is 10.5 Å². The monoisotopic (exact) mass is 348 g/mol. The molecular formula is C17H21ClN4O2. The SMILES string of the molecule is CN(Cc1ccc(OCC(N)=O)c(Cl)c1)Cc1cc(C2CC2)n[nH]1. The largest absolute Gasteiger partial charge is 0.482 e. The van der Waals surface area contributed by atoms with E-state index in [2.05, 4.69) is 21.2 Å². The van der Waals surface area contributed by atoms with E-state index in [0.29, 0.717) is 16.7 Å². The molecule has 0 bridgehead atoms. The third kappa shape index (κ3) is 4.49. The van der Waals surface area contributed by atoms with Gasteiger partial charge >= 0.3 is 0 Å². The lowest BCUT2D eigenvalue weighted by Crippen LogP contribution is -2.20. The number of primary amides is 1. The fourth-order valence-corrected chi connectivity index (χ4v) is 2.87. The Labute approximate surface area is 145 Å². The fraction of sp³-hybridized carbons (Fsp3) is 0.412. The fourth-order valence-electron chi connectivity index (χ4n) is 2.62. The molecule has 3 N–H and O–H groups in total. The molecule has 2 aromatic rings. The quantitative estimate of drug-likeness (QED) is 0.767. The smallest absolute Gasteiger partial charge is 0.255 e. The topological polar surface area (TPSA) is 84.2 Å². The summed E-state index contributed by atoms with van der Waals surface area (Å²) in [4.78, 5) is 12.9. The summed E-state index contributed by atoms with van der Waals surface area (Å²) in [5, 5.41) is 7.95. The molecule has 1 amide bonds. The molecule has 6 nitrogen and oxygen atoms in total. The molecule has 0 saturated heterocycles. The van der Waals surface area contributed by atoms with Crippen molar-refractivity contribution in [3.05, 3.63) is 46.2 Å². The summed E-state index contributed by atoms with van der Waals surface area (Å²) in [6.07, 6.45) is 2.51. The Bertz CT molecular complexity index is 727. The van der Waals surface area contributed by atoms with Gasteiger partial charge in [-0.1, -0.05) is 17.7 Å². The van der Waals surface area contributed by atoms with Gasteiger partial charge in [0.25, 0.3) is 5.91 Å². The van der Waals surface area contributed by atoms with Crippen molar-refractivity contribution >= 4 is 17.5 Å². The van der Waals surface area contributed by atoms with E-state index in [-0.39, 0.29) is 6.61 Å². The number of halogens is 1. The lowest BCUT2D eigenvalue weighted by atomic mass is 10.2. The third-order valence-electron chi connectivity index (χ3n) is 3.91. The second-order valence-corrected chi connectivity index (χ2v) is 6.69. The molecule has 1 aliphatic carbocycles. The number of amides is 1. The van der Waals surface area contributed by atoms with Crippen LogP contribution in [-0.2, 0) is 17.9 Å². The number of nitrogens with one attached hydrogen (secondary N) is 1. The van der Waals surface area contributed by atoms with Crippen LogP contribution >= 0.6 is 11.6 Å². The first-order chi connectivity index (χ1) is 11.5. The first kappa shape index (κ1) is 16.8. The maximum atomic E-state index is 10.8. The van der Waals surface area contributed by atoms with Crippen LogP contribution in [-0.4, -0.2) is 34.7 Å². The highest BCUT2D eigenvalue weighted by atomic mass is 35.5. The zero-order valence-corrected chi connectivity index (χ0v) is 14.3. The zero-order chi connectivity index (χ0) is 17.1. The minimum absolute atomic E-state index is 0.178. The summed E-state index contributed by atoms with van der Waals surface area (Å²) in [7, 11) is 2.04. The van der Waals surface area contributed by atoms with Gasteiger partial charge in [0, 0.05) is 24.7 Å². The highest BCUT2D eigenvalue weighted by molar-refractivity contribution is 6.32. The number of ether oxygens (including phenoxy) is 1. The van der Waals surface area contributed by atoms with Crippen LogP contribution in [0, 0.1) is 0 Å². The highest BCUT2D eigenvalue weighted by Gasteiger charge is 2.26. The van der Waals surface area contributed by atoms with E-state index in [9.17, 15) is 4.79 Å². The number of nitrogens with zero attached hydrogens (tertiary/aromatic N) is 2. The second-order valence-electron chi connectivity index (χ2n) is 6.28. The number of aromatic amines is 1. The number of H-pyrrole nitrogens is 1. The van der Waals surface area contributed by atoms with Gasteiger partial charge in [0.2, 0.25) is 0 Å². The molecule has 0 radical (unpaired) electrons. The summed E-state index contributed by atoms with van der Waals surface area (Å²) in [6.45, 7) is 1.35. The summed E-state index contributed by atoms with van der Waals surface area (Å²) >= 11 is 6.19. The predicted molar refractivity (Wildman–Crippen MR) is 91.9 cm³/mol. The average molecular weight is 349 g/mol. The van der Waals surface area contributed by atoms with Crippen LogP contribution in [0.1, 0.15) is 35.7 Å². The van der Waals surface area contributed by atoms with Gasteiger partial charge in [-0.25, -0.2) is 0 Å². The second kappa shape index (κ2) is 7.23. The molecule has 0 unspecified atom stereocenters. The number of carbonyl (C=O) groups excluding carboxylic acids is 1. The Hall–Kier alpha value is -2.05. The van der Waals surface area contributed by atoms with Crippen molar-refractivity contribution in [3.63, 3.8) is 0 Å². The standard InChI is InChI=1S/C17H21ClN4O2/c1-22(9-13-7-15(21-20-13)12-3-4-12)8-11-2-5-16(14(18)6-11)24-10-17(19)23/h2,5-7,12H,3-4,8-10H2,1H3,(H2,19,23)(H,20,21).